The Balaban J connectivity index is 2.40. The number of halogens is 1. The number of aliphatic carboxylic acids is 1. The lowest BCUT2D eigenvalue weighted by Crippen LogP contribution is -2.27. The molecule has 0 aliphatic rings. The van der Waals surface area contributed by atoms with E-state index in [1.807, 2.05) is 12.1 Å². The summed E-state index contributed by atoms with van der Waals surface area (Å²) in [7, 11) is 0. The van der Waals surface area contributed by atoms with Gasteiger partial charge in [-0.1, -0.05) is 15.9 Å². The van der Waals surface area contributed by atoms with Gasteiger partial charge in [-0.15, -0.1) is 11.8 Å². The average Bonchev–Trinajstić information content (AvgIpc) is 2.35. The van der Waals surface area contributed by atoms with E-state index >= 15 is 0 Å². The van der Waals surface area contributed by atoms with Crippen molar-refractivity contribution in [2.45, 2.75) is 24.3 Å². The minimum absolute atomic E-state index is 0.431. The molecule has 0 aliphatic heterocycles. The lowest BCUT2D eigenvalue weighted by molar-refractivity contribution is -0.138. The van der Waals surface area contributed by atoms with E-state index in [0.29, 0.717) is 11.3 Å². The molecule has 20 heavy (non-hydrogen) atoms. The Labute approximate surface area is 128 Å². The highest BCUT2D eigenvalue weighted by Crippen LogP contribution is 2.31. The molecule has 0 radical (unpaired) electrons. The van der Waals surface area contributed by atoms with E-state index in [1.165, 1.54) is 17.8 Å². The number of rotatable bonds is 4. The predicted molar refractivity (Wildman–Crippen MR) is 83.2 cm³/mol. The first-order valence-corrected chi connectivity index (χ1v) is 7.67. The van der Waals surface area contributed by atoms with Crippen LogP contribution in [0.2, 0.25) is 0 Å². The van der Waals surface area contributed by atoms with Crippen molar-refractivity contribution in [2.75, 3.05) is 0 Å². The van der Waals surface area contributed by atoms with Gasteiger partial charge in [0.15, 0.2) is 0 Å². The maximum Gasteiger partial charge on any atom is 0.336 e. The van der Waals surface area contributed by atoms with Crippen molar-refractivity contribution in [3.8, 4) is 0 Å². The van der Waals surface area contributed by atoms with Crippen LogP contribution >= 0.6 is 27.7 Å². The number of hydrogen-bond acceptors (Lipinski definition) is 4. The quantitative estimate of drug-likeness (QED) is 0.846. The predicted octanol–water partition coefficient (Wildman–Crippen LogP) is 3.65. The molecular weight excluding hydrogens is 344 g/mol. The molecule has 0 aliphatic carbocycles. The number of benzene rings is 1. The van der Waals surface area contributed by atoms with E-state index in [4.69, 9.17) is 9.52 Å². The molecule has 1 aromatic carbocycles. The van der Waals surface area contributed by atoms with Gasteiger partial charge in [0.2, 0.25) is 0 Å². The Bertz CT molecular complexity index is 721. The zero-order valence-electron chi connectivity index (χ0n) is 11.0. The van der Waals surface area contributed by atoms with Crippen LogP contribution in [0, 0.1) is 0 Å². The van der Waals surface area contributed by atoms with E-state index in [-0.39, 0.29) is 0 Å². The normalized spacial score (nSPS) is 11.8. The number of fused-ring (bicyclic) bond motifs is 1. The number of thioether (sulfide) groups is 1. The third kappa shape index (κ3) is 3.24. The van der Waals surface area contributed by atoms with Crippen LogP contribution in [0.5, 0.6) is 0 Å². The molecule has 1 aromatic heterocycles. The topological polar surface area (TPSA) is 67.5 Å². The Hall–Kier alpha value is -1.27. The Morgan fingerprint density at radius 1 is 1.40 bits per heavy atom. The molecule has 0 fully saturated rings. The summed E-state index contributed by atoms with van der Waals surface area (Å²) in [5, 5.41) is 9.94. The second kappa shape index (κ2) is 5.61. The summed E-state index contributed by atoms with van der Waals surface area (Å²) >= 11 is 4.60. The summed E-state index contributed by atoms with van der Waals surface area (Å²) in [5.41, 5.74) is 0.845. The molecular formula is C14H13BrO4S. The summed E-state index contributed by atoms with van der Waals surface area (Å²) < 4.78 is 5.07. The highest BCUT2D eigenvalue weighted by molar-refractivity contribution is 9.10. The highest BCUT2D eigenvalue weighted by atomic mass is 79.9. The second-order valence-corrected chi connectivity index (χ2v) is 7.35. The first kappa shape index (κ1) is 15.1. The van der Waals surface area contributed by atoms with Crippen molar-refractivity contribution >= 4 is 44.6 Å². The lowest BCUT2D eigenvalue weighted by Gasteiger charge is -2.18. The fourth-order valence-corrected chi connectivity index (χ4v) is 2.86. The molecule has 0 saturated heterocycles. The monoisotopic (exact) mass is 356 g/mol. The van der Waals surface area contributed by atoms with Gasteiger partial charge in [-0.05, 0) is 37.6 Å². The van der Waals surface area contributed by atoms with Gasteiger partial charge in [-0.3, -0.25) is 4.79 Å². The molecule has 106 valence electrons. The number of hydrogen-bond donors (Lipinski definition) is 1. The number of carbonyl (C=O) groups is 1. The molecule has 2 aromatic rings. The molecule has 1 N–H and O–H groups in total. The van der Waals surface area contributed by atoms with Gasteiger partial charge in [-0.2, -0.15) is 0 Å². The fourth-order valence-electron chi connectivity index (χ4n) is 1.64. The van der Waals surface area contributed by atoms with Crippen molar-refractivity contribution in [3.05, 3.63) is 44.7 Å². The van der Waals surface area contributed by atoms with Gasteiger partial charge in [-0.25, -0.2) is 4.79 Å². The van der Waals surface area contributed by atoms with Gasteiger partial charge in [0, 0.05) is 21.7 Å². The number of carboxylic acid groups (broad SMARTS) is 1. The van der Waals surface area contributed by atoms with Crippen molar-refractivity contribution in [1.29, 1.82) is 0 Å². The smallest absolute Gasteiger partial charge is 0.336 e. The molecule has 6 heteroatoms. The lowest BCUT2D eigenvalue weighted by atomic mass is 10.1. The summed E-state index contributed by atoms with van der Waals surface area (Å²) in [6, 6.07) is 6.86. The summed E-state index contributed by atoms with van der Waals surface area (Å²) in [5.74, 6) is -0.444. The van der Waals surface area contributed by atoms with E-state index in [0.717, 1.165) is 15.4 Å². The largest absolute Gasteiger partial charge is 0.480 e. The van der Waals surface area contributed by atoms with Crippen LogP contribution in [-0.4, -0.2) is 15.8 Å². The third-order valence-corrected chi connectivity index (χ3v) is 4.74. The molecule has 2 rings (SSSR count). The Morgan fingerprint density at radius 2 is 2.10 bits per heavy atom. The average molecular weight is 357 g/mol. The van der Waals surface area contributed by atoms with Crippen LogP contribution in [0.3, 0.4) is 0 Å². The van der Waals surface area contributed by atoms with E-state index in [2.05, 4.69) is 15.9 Å². The molecule has 0 atom stereocenters. The molecule has 4 nitrogen and oxygen atoms in total. The zero-order chi connectivity index (χ0) is 14.9. The van der Waals surface area contributed by atoms with E-state index in [9.17, 15) is 9.59 Å². The van der Waals surface area contributed by atoms with E-state index < -0.39 is 16.3 Å². The van der Waals surface area contributed by atoms with Gasteiger partial charge < -0.3 is 9.52 Å². The Kier molecular flexibility index (Phi) is 4.25. The summed E-state index contributed by atoms with van der Waals surface area (Å²) in [6.07, 6.45) is 0. The SMILES string of the molecule is CC(C)(SCc1cc(=O)oc2cc(Br)ccc12)C(=O)O. The van der Waals surface area contributed by atoms with Crippen LogP contribution in [0.4, 0.5) is 0 Å². The van der Waals surface area contributed by atoms with Crippen molar-refractivity contribution in [2.24, 2.45) is 0 Å². The van der Waals surface area contributed by atoms with Crippen LogP contribution < -0.4 is 5.63 Å². The van der Waals surface area contributed by atoms with Crippen LogP contribution in [-0.2, 0) is 10.5 Å². The summed E-state index contributed by atoms with van der Waals surface area (Å²) in [4.78, 5) is 22.7. The Morgan fingerprint density at radius 3 is 2.75 bits per heavy atom. The van der Waals surface area contributed by atoms with Gasteiger partial charge in [0.1, 0.15) is 10.3 Å². The first-order chi connectivity index (χ1) is 9.29. The molecule has 1 heterocycles. The minimum atomic E-state index is -0.905. The van der Waals surface area contributed by atoms with Crippen molar-refractivity contribution in [1.82, 2.24) is 0 Å². The zero-order valence-corrected chi connectivity index (χ0v) is 13.4. The first-order valence-electron chi connectivity index (χ1n) is 5.89. The van der Waals surface area contributed by atoms with Crippen LogP contribution in [0.15, 0.2) is 37.9 Å². The second-order valence-electron chi connectivity index (χ2n) is 4.84. The molecule has 0 unspecified atom stereocenters. The summed E-state index contributed by atoms with van der Waals surface area (Å²) in [6.45, 7) is 3.29. The molecule has 0 spiro atoms. The highest BCUT2D eigenvalue weighted by Gasteiger charge is 2.27. The molecule has 0 bridgehead atoms. The van der Waals surface area contributed by atoms with Gasteiger partial charge >= 0.3 is 11.6 Å². The van der Waals surface area contributed by atoms with E-state index in [1.54, 1.807) is 19.9 Å². The molecule has 0 saturated carbocycles. The van der Waals surface area contributed by atoms with Crippen LogP contribution in [0.25, 0.3) is 11.0 Å². The minimum Gasteiger partial charge on any atom is -0.480 e. The number of carboxylic acids is 1. The molecule has 0 amide bonds. The maximum absolute atomic E-state index is 11.6. The third-order valence-electron chi connectivity index (χ3n) is 2.90. The standard InChI is InChI=1S/C14H13BrO4S/c1-14(2,13(17)18)20-7-8-5-12(16)19-11-6-9(15)3-4-10(8)11/h3-6H,7H2,1-2H3,(H,17,18). The van der Waals surface area contributed by atoms with Crippen LogP contribution in [0.1, 0.15) is 19.4 Å². The van der Waals surface area contributed by atoms with Gasteiger partial charge in [0.25, 0.3) is 0 Å². The fraction of sp³-hybridized carbons (Fsp3) is 0.286. The van der Waals surface area contributed by atoms with Gasteiger partial charge in [0.05, 0.1) is 0 Å². The van der Waals surface area contributed by atoms with Crippen molar-refractivity contribution < 1.29 is 14.3 Å². The maximum atomic E-state index is 11.6. The van der Waals surface area contributed by atoms with Crippen molar-refractivity contribution in [3.63, 3.8) is 0 Å².